The van der Waals surface area contributed by atoms with Crippen LogP contribution in [0.4, 0.5) is 0 Å². The van der Waals surface area contributed by atoms with E-state index in [9.17, 15) is 4.79 Å². The van der Waals surface area contributed by atoms with Crippen LogP contribution in [-0.4, -0.2) is 21.2 Å². The minimum Gasteiger partial charge on any atom is -0.398 e. The van der Waals surface area contributed by atoms with Gasteiger partial charge in [0.15, 0.2) is 0 Å². The first-order chi connectivity index (χ1) is 7.24. The van der Waals surface area contributed by atoms with Gasteiger partial charge in [0.1, 0.15) is 7.85 Å². The molecule has 0 aromatic heterocycles. The van der Waals surface area contributed by atoms with Crippen LogP contribution in [0.3, 0.4) is 0 Å². The van der Waals surface area contributed by atoms with Crippen molar-refractivity contribution in [2.75, 3.05) is 0 Å². The second-order valence-corrected chi connectivity index (χ2v) is 3.29. The SMILES string of the molecule is BCCC(=O)NBC(/C=C\C)=C/C=C\C. The quantitative estimate of drug-likeness (QED) is 0.504. The monoisotopic (exact) mass is 203 g/mol. The largest absolute Gasteiger partial charge is 0.398 e. The number of allylic oxidation sites excluding steroid dienone is 6. The number of hydrogen-bond acceptors (Lipinski definition) is 1. The minimum atomic E-state index is 0.119. The summed E-state index contributed by atoms with van der Waals surface area (Å²) in [6, 6.07) is 0. The number of hydrogen-bond donors (Lipinski definition) is 1. The summed E-state index contributed by atoms with van der Waals surface area (Å²) in [4.78, 5) is 11.2. The molecule has 80 valence electrons. The molecule has 0 fully saturated rings. The summed E-state index contributed by atoms with van der Waals surface area (Å²) in [5.41, 5.74) is 1.11. The molecule has 0 saturated heterocycles. The van der Waals surface area contributed by atoms with Gasteiger partial charge in [0.2, 0.25) is 5.91 Å². The fraction of sp³-hybridized carbons (Fsp3) is 0.364. The van der Waals surface area contributed by atoms with Gasteiger partial charge in [-0.2, -0.15) is 0 Å². The lowest BCUT2D eigenvalue weighted by atomic mass is 9.81. The third kappa shape index (κ3) is 7.86. The van der Waals surface area contributed by atoms with Crippen molar-refractivity contribution in [3.8, 4) is 0 Å². The van der Waals surface area contributed by atoms with Crippen molar-refractivity contribution in [2.24, 2.45) is 0 Å². The van der Waals surface area contributed by atoms with Crippen molar-refractivity contribution in [1.82, 2.24) is 5.23 Å². The van der Waals surface area contributed by atoms with Gasteiger partial charge in [-0.3, -0.25) is 4.79 Å². The molecule has 2 nitrogen and oxygen atoms in total. The maximum absolute atomic E-state index is 11.2. The molecular formula is C11H19B2NO. The summed E-state index contributed by atoms with van der Waals surface area (Å²) < 4.78 is 0. The smallest absolute Gasteiger partial charge is 0.269 e. The number of carbonyl (C=O) groups excluding carboxylic acids is 1. The maximum atomic E-state index is 11.2. The molecule has 0 aromatic carbocycles. The molecular weight excluding hydrogens is 184 g/mol. The average molecular weight is 203 g/mol. The summed E-state index contributed by atoms with van der Waals surface area (Å²) in [5, 5.41) is 2.89. The van der Waals surface area contributed by atoms with E-state index in [1.54, 1.807) is 0 Å². The van der Waals surface area contributed by atoms with Gasteiger partial charge < -0.3 is 5.23 Å². The Balaban J connectivity index is 4.13. The molecule has 0 atom stereocenters. The van der Waals surface area contributed by atoms with Crippen molar-refractivity contribution in [1.29, 1.82) is 0 Å². The zero-order valence-corrected chi connectivity index (χ0v) is 9.92. The number of amides is 1. The highest BCUT2D eigenvalue weighted by Crippen LogP contribution is 1.95. The molecule has 0 aliphatic rings. The first-order valence-corrected chi connectivity index (χ1v) is 5.45. The molecule has 15 heavy (non-hydrogen) atoms. The van der Waals surface area contributed by atoms with Crippen molar-refractivity contribution >= 4 is 21.2 Å². The van der Waals surface area contributed by atoms with Gasteiger partial charge in [-0.05, 0) is 13.8 Å². The Labute approximate surface area is 94.2 Å². The van der Waals surface area contributed by atoms with Crippen LogP contribution in [0.1, 0.15) is 20.3 Å². The van der Waals surface area contributed by atoms with Crippen LogP contribution < -0.4 is 5.23 Å². The molecule has 0 bridgehead atoms. The summed E-state index contributed by atoms with van der Waals surface area (Å²) in [6.45, 7) is 3.94. The van der Waals surface area contributed by atoms with E-state index >= 15 is 0 Å². The third-order valence-electron chi connectivity index (χ3n) is 1.85. The van der Waals surface area contributed by atoms with Gasteiger partial charge >= 0.3 is 0 Å². The Morgan fingerprint density at radius 1 is 1.40 bits per heavy atom. The molecule has 0 spiro atoms. The second-order valence-electron chi connectivity index (χ2n) is 3.29. The molecule has 0 heterocycles. The van der Waals surface area contributed by atoms with Crippen molar-refractivity contribution in [3.63, 3.8) is 0 Å². The van der Waals surface area contributed by atoms with Crippen LogP contribution in [0.5, 0.6) is 0 Å². The summed E-state index contributed by atoms with van der Waals surface area (Å²) in [6.07, 6.45) is 11.4. The highest BCUT2D eigenvalue weighted by Gasteiger charge is 2.00. The highest BCUT2D eigenvalue weighted by atomic mass is 16.1. The van der Waals surface area contributed by atoms with Gasteiger partial charge in [-0.1, -0.05) is 42.2 Å². The van der Waals surface area contributed by atoms with Gasteiger partial charge in [-0.25, -0.2) is 0 Å². The lowest BCUT2D eigenvalue weighted by molar-refractivity contribution is -0.119. The standard InChI is InChI=1S/C11H19B2NO/c1-3-5-7-10(6-4-2)13-14-11(15)8-9-12/h3-7,13H,8-9,12H2,1-2H3,(H,14,15)/b5-3-,6-4-,10-7+. The number of nitrogens with one attached hydrogen (secondary N) is 1. The molecule has 0 aromatic rings. The van der Waals surface area contributed by atoms with E-state index in [1.165, 1.54) is 0 Å². The first kappa shape index (κ1) is 13.8. The molecule has 0 radical (unpaired) electrons. The summed E-state index contributed by atoms with van der Waals surface area (Å²) >= 11 is 0. The van der Waals surface area contributed by atoms with Crippen LogP contribution in [0.25, 0.3) is 0 Å². The Kier molecular flexibility index (Phi) is 8.64. The molecule has 0 unspecified atom stereocenters. The average Bonchev–Trinajstić information content (AvgIpc) is 2.22. The highest BCUT2D eigenvalue weighted by molar-refractivity contribution is 6.47. The van der Waals surface area contributed by atoms with Gasteiger partial charge in [0.25, 0.3) is 7.41 Å². The van der Waals surface area contributed by atoms with Crippen molar-refractivity contribution < 1.29 is 4.79 Å². The van der Waals surface area contributed by atoms with E-state index in [1.807, 2.05) is 52.1 Å². The fourth-order valence-electron chi connectivity index (χ4n) is 1.12. The molecule has 0 aliphatic heterocycles. The van der Waals surface area contributed by atoms with Crippen LogP contribution in [0, 0.1) is 0 Å². The Morgan fingerprint density at radius 2 is 2.13 bits per heavy atom. The second kappa shape index (κ2) is 9.38. The lowest BCUT2D eigenvalue weighted by Crippen LogP contribution is -2.28. The molecule has 1 amide bonds. The van der Waals surface area contributed by atoms with Crippen LogP contribution >= 0.6 is 0 Å². The normalized spacial score (nSPS) is 12.3. The van der Waals surface area contributed by atoms with Crippen LogP contribution in [-0.2, 0) is 4.79 Å². The number of rotatable bonds is 6. The molecule has 4 heteroatoms. The van der Waals surface area contributed by atoms with Gasteiger partial charge in [0, 0.05) is 6.42 Å². The van der Waals surface area contributed by atoms with E-state index in [2.05, 4.69) is 5.23 Å². The zero-order valence-electron chi connectivity index (χ0n) is 9.92. The predicted octanol–water partition coefficient (Wildman–Crippen LogP) is 0.932. The maximum Gasteiger partial charge on any atom is 0.269 e. The van der Waals surface area contributed by atoms with Crippen molar-refractivity contribution in [3.05, 3.63) is 35.9 Å². The van der Waals surface area contributed by atoms with Crippen LogP contribution in [0.15, 0.2) is 35.9 Å². The summed E-state index contributed by atoms with van der Waals surface area (Å²) in [7, 11) is 2.61. The minimum absolute atomic E-state index is 0.119. The van der Waals surface area contributed by atoms with Crippen molar-refractivity contribution in [2.45, 2.75) is 26.6 Å². The predicted molar refractivity (Wildman–Crippen MR) is 71.0 cm³/mol. The summed E-state index contributed by atoms with van der Waals surface area (Å²) in [5.74, 6) is 0.119. The number of carbonyl (C=O) groups is 1. The van der Waals surface area contributed by atoms with E-state index in [-0.39, 0.29) is 5.91 Å². The topological polar surface area (TPSA) is 29.1 Å². The van der Waals surface area contributed by atoms with Gasteiger partial charge in [0.05, 0.1) is 0 Å². The molecule has 0 saturated carbocycles. The Hall–Kier alpha value is -1.18. The zero-order chi connectivity index (χ0) is 11.5. The van der Waals surface area contributed by atoms with E-state index in [4.69, 9.17) is 0 Å². The lowest BCUT2D eigenvalue weighted by Gasteiger charge is -2.02. The molecule has 0 aliphatic carbocycles. The molecule has 0 rings (SSSR count). The van der Waals surface area contributed by atoms with E-state index < -0.39 is 0 Å². The molecule has 1 N–H and O–H groups in total. The Morgan fingerprint density at radius 3 is 2.67 bits per heavy atom. The fourth-order valence-corrected chi connectivity index (χ4v) is 1.12. The van der Waals surface area contributed by atoms with E-state index in [0.717, 1.165) is 11.8 Å². The Bertz CT molecular complexity index is 270. The first-order valence-electron chi connectivity index (χ1n) is 5.45. The van der Waals surface area contributed by atoms with Crippen LogP contribution in [0.2, 0.25) is 6.32 Å². The van der Waals surface area contributed by atoms with E-state index in [0.29, 0.717) is 13.8 Å². The van der Waals surface area contributed by atoms with Gasteiger partial charge in [-0.15, -0.1) is 0 Å². The third-order valence-corrected chi connectivity index (χ3v) is 1.85.